The van der Waals surface area contributed by atoms with Gasteiger partial charge < -0.3 is 14.2 Å². The van der Waals surface area contributed by atoms with Gasteiger partial charge in [0.1, 0.15) is 13.2 Å². The van der Waals surface area contributed by atoms with Gasteiger partial charge in [-0.05, 0) is 122 Å². The first-order chi connectivity index (χ1) is 33.0. The maximum atomic E-state index is 12.8. The second-order valence-corrected chi connectivity index (χ2v) is 18.1. The molecular weight excluding hydrogens is 829 g/mol. The molecule has 0 spiro atoms. The molecule has 0 aromatic carbocycles. The first-order valence-electron chi connectivity index (χ1n) is 27.7. The highest BCUT2D eigenvalue weighted by Crippen LogP contribution is 2.14. The number of rotatable bonds is 49. The van der Waals surface area contributed by atoms with Crippen LogP contribution < -0.4 is 0 Å². The Morgan fingerprint density at radius 3 is 0.910 bits per heavy atom. The smallest absolute Gasteiger partial charge is 0.306 e. The number of esters is 3. The van der Waals surface area contributed by atoms with E-state index in [0.717, 1.165) is 148 Å². The zero-order valence-electron chi connectivity index (χ0n) is 43.6. The van der Waals surface area contributed by atoms with E-state index >= 15 is 0 Å². The molecule has 0 saturated heterocycles. The molecule has 0 amide bonds. The fourth-order valence-corrected chi connectivity index (χ4v) is 7.37. The summed E-state index contributed by atoms with van der Waals surface area (Å²) in [5.74, 6) is -0.936. The lowest BCUT2D eigenvalue weighted by Crippen LogP contribution is -2.30. The van der Waals surface area contributed by atoms with Gasteiger partial charge in [-0.1, -0.05) is 208 Å². The zero-order chi connectivity index (χ0) is 48.6. The van der Waals surface area contributed by atoms with E-state index in [2.05, 4.69) is 118 Å². The topological polar surface area (TPSA) is 78.9 Å². The molecule has 0 saturated carbocycles. The van der Waals surface area contributed by atoms with Gasteiger partial charge in [-0.25, -0.2) is 0 Å². The van der Waals surface area contributed by atoms with Crippen LogP contribution in [0.2, 0.25) is 0 Å². The maximum Gasteiger partial charge on any atom is 0.306 e. The van der Waals surface area contributed by atoms with Gasteiger partial charge in [-0.15, -0.1) is 0 Å². The molecule has 67 heavy (non-hydrogen) atoms. The number of carbonyl (C=O) groups is 3. The van der Waals surface area contributed by atoms with E-state index in [0.29, 0.717) is 19.3 Å². The van der Waals surface area contributed by atoms with Crippen molar-refractivity contribution in [3.8, 4) is 0 Å². The summed E-state index contributed by atoms with van der Waals surface area (Å²) < 4.78 is 16.8. The van der Waals surface area contributed by atoms with Crippen LogP contribution in [0.4, 0.5) is 0 Å². The first kappa shape index (κ1) is 63.3. The fourth-order valence-electron chi connectivity index (χ4n) is 7.37. The SMILES string of the molecule is CC/C=C\C/C=C\C/C=C\C/C=C\CCCCCCCCC(=O)OCC(COC(=O)CCCCCCC/C=C\C/C=C\CCCCC)OC(=O)CCCCCCC/C=C\C/C=C\CCCCC. The molecule has 0 aliphatic heterocycles. The van der Waals surface area contributed by atoms with Gasteiger partial charge in [0.2, 0.25) is 0 Å². The van der Waals surface area contributed by atoms with Crippen molar-refractivity contribution in [2.45, 2.75) is 258 Å². The normalized spacial score (nSPS) is 12.8. The molecule has 0 fully saturated rings. The predicted molar refractivity (Wildman–Crippen MR) is 288 cm³/mol. The summed E-state index contributed by atoms with van der Waals surface area (Å²) in [4.78, 5) is 38.1. The van der Waals surface area contributed by atoms with Crippen LogP contribution in [-0.4, -0.2) is 37.2 Å². The first-order valence-corrected chi connectivity index (χ1v) is 27.7. The third-order valence-corrected chi connectivity index (χ3v) is 11.5. The molecule has 0 heterocycles. The Labute approximate surface area is 413 Å². The van der Waals surface area contributed by atoms with Crippen molar-refractivity contribution in [3.05, 3.63) is 97.2 Å². The monoisotopic (exact) mass is 931 g/mol. The molecule has 1 atom stereocenters. The minimum atomic E-state index is -0.798. The molecule has 0 aromatic heterocycles. The van der Waals surface area contributed by atoms with E-state index < -0.39 is 6.10 Å². The summed E-state index contributed by atoms with van der Waals surface area (Å²) in [5.41, 5.74) is 0. The van der Waals surface area contributed by atoms with Gasteiger partial charge in [0.05, 0.1) is 0 Å². The Morgan fingerprint density at radius 2 is 0.582 bits per heavy atom. The largest absolute Gasteiger partial charge is 0.462 e. The zero-order valence-corrected chi connectivity index (χ0v) is 43.6. The van der Waals surface area contributed by atoms with Gasteiger partial charge in [0.25, 0.3) is 0 Å². The average molecular weight is 931 g/mol. The van der Waals surface area contributed by atoms with E-state index in [-0.39, 0.29) is 31.1 Å². The van der Waals surface area contributed by atoms with Crippen molar-refractivity contribution in [3.63, 3.8) is 0 Å². The summed E-state index contributed by atoms with van der Waals surface area (Å²) in [7, 11) is 0. The lowest BCUT2D eigenvalue weighted by molar-refractivity contribution is -0.167. The minimum absolute atomic E-state index is 0.0960. The quantitative estimate of drug-likeness (QED) is 0.0262. The van der Waals surface area contributed by atoms with Crippen molar-refractivity contribution >= 4 is 17.9 Å². The second-order valence-electron chi connectivity index (χ2n) is 18.1. The highest BCUT2D eigenvalue weighted by molar-refractivity contribution is 5.71. The van der Waals surface area contributed by atoms with Gasteiger partial charge in [-0.2, -0.15) is 0 Å². The van der Waals surface area contributed by atoms with Crippen LogP contribution in [0.5, 0.6) is 0 Å². The highest BCUT2D eigenvalue weighted by atomic mass is 16.6. The fraction of sp³-hybridized carbons (Fsp3) is 0.689. The van der Waals surface area contributed by atoms with Gasteiger partial charge in [0, 0.05) is 19.3 Å². The van der Waals surface area contributed by atoms with Crippen LogP contribution in [0, 0.1) is 0 Å². The third kappa shape index (κ3) is 53.2. The number of carbonyl (C=O) groups excluding carboxylic acids is 3. The van der Waals surface area contributed by atoms with E-state index in [1.54, 1.807) is 0 Å². The van der Waals surface area contributed by atoms with Crippen LogP contribution in [0.25, 0.3) is 0 Å². The van der Waals surface area contributed by atoms with E-state index in [4.69, 9.17) is 14.2 Å². The molecule has 0 aromatic rings. The van der Waals surface area contributed by atoms with Crippen molar-refractivity contribution in [2.75, 3.05) is 13.2 Å². The molecule has 6 nitrogen and oxygen atoms in total. The lowest BCUT2D eigenvalue weighted by Gasteiger charge is -2.18. The summed E-state index contributed by atoms with van der Waals surface area (Å²) >= 11 is 0. The molecule has 382 valence electrons. The number of hydrogen-bond donors (Lipinski definition) is 0. The molecule has 0 aliphatic carbocycles. The summed E-state index contributed by atoms with van der Waals surface area (Å²) in [6.45, 7) is 6.44. The Bertz CT molecular complexity index is 1350. The number of unbranched alkanes of at least 4 members (excludes halogenated alkanes) is 22. The number of ether oxygens (including phenoxy) is 3. The highest BCUT2D eigenvalue weighted by Gasteiger charge is 2.19. The lowest BCUT2D eigenvalue weighted by atomic mass is 10.1. The van der Waals surface area contributed by atoms with E-state index in [1.165, 1.54) is 64.2 Å². The Hall–Kier alpha value is -3.67. The van der Waals surface area contributed by atoms with Gasteiger partial charge >= 0.3 is 17.9 Å². The molecule has 1 unspecified atom stereocenters. The van der Waals surface area contributed by atoms with Crippen molar-refractivity contribution in [1.29, 1.82) is 0 Å². The van der Waals surface area contributed by atoms with Crippen LogP contribution in [0.1, 0.15) is 252 Å². The van der Waals surface area contributed by atoms with Crippen LogP contribution >= 0.6 is 0 Å². The van der Waals surface area contributed by atoms with E-state index in [9.17, 15) is 14.4 Å². The summed E-state index contributed by atoms with van der Waals surface area (Å²) in [6.07, 6.45) is 72.4. The van der Waals surface area contributed by atoms with Crippen LogP contribution in [-0.2, 0) is 28.6 Å². The standard InChI is InChI=1S/C61H102O6/c1-4-7-10-13-16-19-22-25-28-29-30-31-34-36-39-42-45-48-51-54-60(63)66-57-58(67-61(64)55-52-49-46-43-40-37-33-27-24-21-18-15-12-9-6-3)56-65-59(62)53-50-47-44-41-38-35-32-26-23-20-17-14-11-8-5-2/h7,10,16-21,25-28,30-33,58H,4-6,8-9,11-15,22-24,29,34-57H2,1-3H3/b10-7-,19-16-,20-17-,21-18-,28-25-,31-30-,32-26-,33-27-. The average Bonchev–Trinajstić information content (AvgIpc) is 3.33. The van der Waals surface area contributed by atoms with Crippen LogP contribution in [0.3, 0.4) is 0 Å². The Morgan fingerprint density at radius 1 is 0.313 bits per heavy atom. The van der Waals surface area contributed by atoms with Gasteiger partial charge in [0.15, 0.2) is 6.10 Å². The minimum Gasteiger partial charge on any atom is -0.462 e. The molecule has 0 bridgehead atoms. The molecular formula is C61H102O6. The number of hydrogen-bond acceptors (Lipinski definition) is 6. The molecule has 0 radical (unpaired) electrons. The molecule has 0 aliphatic rings. The molecule has 0 N–H and O–H groups in total. The Kier molecular flexibility index (Phi) is 51.9. The van der Waals surface area contributed by atoms with E-state index in [1.807, 2.05) is 0 Å². The Balaban J connectivity index is 4.46. The van der Waals surface area contributed by atoms with Crippen molar-refractivity contribution in [2.24, 2.45) is 0 Å². The molecule has 0 rings (SSSR count). The van der Waals surface area contributed by atoms with Gasteiger partial charge in [-0.3, -0.25) is 14.4 Å². The predicted octanol–water partition coefficient (Wildman–Crippen LogP) is 18.5. The maximum absolute atomic E-state index is 12.8. The third-order valence-electron chi connectivity index (χ3n) is 11.5. The summed E-state index contributed by atoms with van der Waals surface area (Å²) in [5, 5.41) is 0. The second kappa shape index (κ2) is 54.9. The van der Waals surface area contributed by atoms with Crippen molar-refractivity contribution in [1.82, 2.24) is 0 Å². The van der Waals surface area contributed by atoms with Crippen molar-refractivity contribution < 1.29 is 28.6 Å². The molecule has 6 heteroatoms. The van der Waals surface area contributed by atoms with Crippen LogP contribution in [0.15, 0.2) is 97.2 Å². The number of allylic oxidation sites excluding steroid dienone is 16. The summed E-state index contributed by atoms with van der Waals surface area (Å²) in [6, 6.07) is 0.